The fraction of sp³-hybridized carbons (Fsp3) is 0.391. The van der Waals surface area contributed by atoms with Crippen molar-refractivity contribution >= 4 is 53.9 Å². The molecule has 1 atom stereocenters. The molecule has 0 unspecified atom stereocenters. The molecule has 0 radical (unpaired) electrons. The molecule has 0 saturated heterocycles. The Morgan fingerprint density at radius 1 is 1.25 bits per heavy atom. The molecular weight excluding hydrogens is 524 g/mol. The molecule has 1 aromatic heterocycles. The van der Waals surface area contributed by atoms with E-state index in [-0.39, 0.29) is 44.6 Å². The molecule has 0 bridgehead atoms. The number of ketones is 1. The summed E-state index contributed by atoms with van der Waals surface area (Å²) >= 11 is 1.01. The fourth-order valence-corrected chi connectivity index (χ4v) is 7.32. The lowest BCUT2D eigenvalue weighted by atomic mass is 9.65. The highest BCUT2D eigenvalue weighted by molar-refractivity contribution is 7.91. The van der Waals surface area contributed by atoms with E-state index in [4.69, 9.17) is 5.14 Å². The molecule has 194 valence electrons. The second-order valence-electron chi connectivity index (χ2n) is 10.3. The Morgan fingerprint density at radius 2 is 1.92 bits per heavy atom. The van der Waals surface area contributed by atoms with E-state index in [1.54, 1.807) is 31.2 Å². The Morgan fingerprint density at radius 3 is 2.56 bits per heavy atom. The maximum absolute atomic E-state index is 14.0. The summed E-state index contributed by atoms with van der Waals surface area (Å²) in [5.41, 5.74) is 0.0108. The number of rotatable bonds is 6. The molecule has 1 aliphatic carbocycles. The van der Waals surface area contributed by atoms with Gasteiger partial charge in [-0.1, -0.05) is 45.0 Å². The summed E-state index contributed by atoms with van der Waals surface area (Å²) in [4.78, 5) is 13.8. The number of sulfonamides is 1. The predicted octanol–water partition coefficient (Wildman–Crippen LogP) is 3.19. The van der Waals surface area contributed by atoms with Crippen LogP contribution in [0.1, 0.15) is 57.2 Å². The van der Waals surface area contributed by atoms with Crippen molar-refractivity contribution in [3.8, 4) is 0 Å². The van der Waals surface area contributed by atoms with Crippen LogP contribution in [0, 0.1) is 5.41 Å². The molecule has 10 nitrogen and oxygen atoms in total. The minimum absolute atomic E-state index is 0.0567. The van der Waals surface area contributed by atoms with Crippen LogP contribution in [0.2, 0.25) is 0 Å². The van der Waals surface area contributed by atoms with Gasteiger partial charge in [0.05, 0.1) is 5.41 Å². The van der Waals surface area contributed by atoms with Crippen LogP contribution in [0.25, 0.3) is 5.76 Å². The normalized spacial score (nSPS) is 21.5. The number of amidine groups is 1. The summed E-state index contributed by atoms with van der Waals surface area (Å²) < 4.78 is 54.8. The topological polar surface area (TPSA) is 168 Å². The zero-order valence-corrected chi connectivity index (χ0v) is 22.7. The number of nitrogens with zero attached hydrogens (tertiary/aromatic N) is 1. The number of anilines is 1. The number of nitrogens with two attached hydrogens (primary N) is 1. The van der Waals surface area contributed by atoms with E-state index in [1.165, 1.54) is 5.38 Å². The van der Waals surface area contributed by atoms with Crippen molar-refractivity contribution in [2.45, 2.75) is 57.4 Å². The largest absolute Gasteiger partial charge is 0.506 e. The lowest BCUT2D eigenvalue weighted by molar-refractivity contribution is -0.120. The molecule has 0 amide bonds. The molecule has 36 heavy (non-hydrogen) atoms. The summed E-state index contributed by atoms with van der Waals surface area (Å²) in [5.74, 6) is -1.05. The van der Waals surface area contributed by atoms with Gasteiger partial charge in [-0.25, -0.2) is 5.14 Å². The Bertz CT molecular complexity index is 1530. The van der Waals surface area contributed by atoms with Crippen LogP contribution in [0.15, 0.2) is 44.5 Å². The average molecular weight is 553 g/mol. The van der Waals surface area contributed by atoms with Crippen molar-refractivity contribution in [2.24, 2.45) is 15.0 Å². The van der Waals surface area contributed by atoms with E-state index < -0.39 is 31.4 Å². The zero-order chi connectivity index (χ0) is 26.7. The average Bonchev–Trinajstić information content (AvgIpc) is 3.18. The molecule has 1 aromatic carbocycles. The fourth-order valence-electron chi connectivity index (χ4n) is 4.36. The minimum atomic E-state index is -4.33. The van der Waals surface area contributed by atoms with Crippen molar-refractivity contribution < 1.29 is 26.7 Å². The summed E-state index contributed by atoms with van der Waals surface area (Å²) in [7, 11) is -8.38. The van der Waals surface area contributed by atoms with E-state index in [2.05, 4.69) is 35.2 Å². The van der Waals surface area contributed by atoms with Crippen LogP contribution in [-0.2, 0) is 37.0 Å². The minimum Gasteiger partial charge on any atom is -0.506 e. The van der Waals surface area contributed by atoms with Gasteiger partial charge >= 0.3 is 0 Å². The van der Waals surface area contributed by atoms with Gasteiger partial charge in [0, 0.05) is 17.7 Å². The molecule has 13 heteroatoms. The lowest BCUT2D eigenvalue weighted by Gasteiger charge is -2.37. The Kier molecular flexibility index (Phi) is 6.45. The van der Waals surface area contributed by atoms with Crippen molar-refractivity contribution in [3.63, 3.8) is 0 Å². The number of hydrogen-bond acceptors (Lipinski definition) is 8. The summed E-state index contributed by atoms with van der Waals surface area (Å²) in [6.07, 6.45) is 1.20. The Labute approximate surface area is 214 Å². The molecule has 1 aliphatic heterocycles. The van der Waals surface area contributed by atoms with Gasteiger partial charge in [-0.15, -0.1) is 15.7 Å². The van der Waals surface area contributed by atoms with Crippen molar-refractivity contribution in [3.05, 3.63) is 51.9 Å². The zero-order valence-electron chi connectivity index (χ0n) is 20.2. The lowest BCUT2D eigenvalue weighted by Crippen LogP contribution is -2.42. The monoisotopic (exact) mass is 552 g/mol. The number of Topliss-reactive ketones (excluding diaryl/α,β-unsaturated/α-hetero) is 1. The van der Waals surface area contributed by atoms with Crippen LogP contribution in [0.3, 0.4) is 0 Å². The van der Waals surface area contributed by atoms with E-state index >= 15 is 0 Å². The van der Waals surface area contributed by atoms with Crippen LogP contribution in [-0.4, -0.2) is 33.6 Å². The number of thiophene rings is 1. The van der Waals surface area contributed by atoms with Gasteiger partial charge in [0.1, 0.15) is 21.2 Å². The summed E-state index contributed by atoms with van der Waals surface area (Å²) in [6, 6.07) is 7.03. The highest BCUT2D eigenvalue weighted by Gasteiger charge is 2.47. The first-order valence-corrected chi connectivity index (χ1v) is 15.0. The third kappa shape index (κ3) is 4.85. The molecule has 0 spiro atoms. The van der Waals surface area contributed by atoms with Gasteiger partial charge in [-0.3, -0.25) is 4.79 Å². The summed E-state index contributed by atoms with van der Waals surface area (Å²) in [6.45, 7) is 7.68. The number of fused-ring (bicyclic) bond motifs is 2. The molecule has 2 aliphatic rings. The number of nitrogens with one attached hydrogen (secondary N) is 2. The second kappa shape index (κ2) is 8.77. The van der Waals surface area contributed by atoms with Crippen molar-refractivity contribution in [1.29, 1.82) is 0 Å². The number of carbonyl (C=O) groups excluding carboxylic acids is 1. The third-order valence-electron chi connectivity index (χ3n) is 6.34. The first-order valence-electron chi connectivity index (χ1n) is 11.1. The molecule has 4 rings (SSSR count). The number of benzene rings is 1. The highest BCUT2D eigenvalue weighted by Crippen LogP contribution is 2.46. The number of aliphatic hydroxyl groups is 1. The Hall–Kier alpha value is -2.58. The van der Waals surface area contributed by atoms with Gasteiger partial charge in [0.25, 0.3) is 20.2 Å². The van der Waals surface area contributed by atoms with Crippen LogP contribution in [0.5, 0.6) is 0 Å². The van der Waals surface area contributed by atoms with Gasteiger partial charge < -0.3 is 10.4 Å². The maximum atomic E-state index is 14.0. The van der Waals surface area contributed by atoms with E-state index in [0.29, 0.717) is 24.0 Å². The quantitative estimate of drug-likeness (QED) is 0.427. The molecule has 0 saturated carbocycles. The van der Waals surface area contributed by atoms with Gasteiger partial charge in [0.2, 0.25) is 0 Å². The highest BCUT2D eigenvalue weighted by atomic mass is 32.2. The summed E-state index contributed by atoms with van der Waals surface area (Å²) in [5, 5.41) is 20.6. The first-order chi connectivity index (χ1) is 16.5. The molecule has 2 heterocycles. The smallest absolute Gasteiger partial charge is 0.287 e. The third-order valence-corrected chi connectivity index (χ3v) is 9.36. The van der Waals surface area contributed by atoms with Crippen LogP contribution in [0.4, 0.5) is 5.00 Å². The van der Waals surface area contributed by atoms with Crippen molar-refractivity contribution in [2.75, 3.05) is 5.32 Å². The van der Waals surface area contributed by atoms with Gasteiger partial charge in [-0.2, -0.15) is 21.6 Å². The van der Waals surface area contributed by atoms with Crippen LogP contribution >= 0.6 is 11.3 Å². The molecule has 5 N–H and O–H groups in total. The molecular formula is C23H28N4O6S3. The van der Waals surface area contributed by atoms with E-state index in [1.807, 2.05) is 0 Å². The predicted molar refractivity (Wildman–Crippen MR) is 140 cm³/mol. The standard InChI is InChI=1S/C23H28N4O6S3/c1-22(2,3)9-10-23(4)15-8-6-5-7-14(15)17(28)16(19(23)29)20-26-21-18(35(30,31)27-20)13(12-34-21)11-25-36(24,32)33/h5-8,12,25,28H,9-11H2,1-4H3,(H,26,27)(H2,24,32,33)/t23-/m1/s1. The van der Waals surface area contributed by atoms with E-state index in [0.717, 1.165) is 11.3 Å². The van der Waals surface area contributed by atoms with Gasteiger partial charge in [-0.05, 0) is 36.1 Å². The molecule has 2 aromatic rings. The second-order valence-corrected chi connectivity index (χ2v) is 14.1. The first kappa shape index (κ1) is 26.5. The van der Waals surface area contributed by atoms with Crippen LogP contribution < -0.4 is 15.2 Å². The number of aliphatic hydroxyl groups excluding tert-OH is 1. The number of hydrogen-bond donors (Lipinski definition) is 4. The SMILES string of the molecule is CC(C)(C)CC[C@@]1(C)C(=O)C(C2=NS(=O)(=O)c3c(CNS(N)(=O)=O)csc3N2)=C(O)c2ccccc21. The van der Waals surface area contributed by atoms with E-state index in [9.17, 15) is 26.7 Å². The van der Waals surface area contributed by atoms with Crippen molar-refractivity contribution in [1.82, 2.24) is 4.72 Å². The molecule has 0 fully saturated rings. The number of carbonyl (C=O) groups is 1. The maximum Gasteiger partial charge on any atom is 0.287 e. The Balaban J connectivity index is 1.81. The van der Waals surface area contributed by atoms with Gasteiger partial charge in [0.15, 0.2) is 11.6 Å².